The highest BCUT2D eigenvalue weighted by Crippen LogP contribution is 2.19. The van der Waals surface area contributed by atoms with E-state index in [1.807, 2.05) is 30.3 Å². The molecule has 0 unspecified atom stereocenters. The minimum absolute atomic E-state index is 0.103. The minimum atomic E-state index is -0.103. The van der Waals surface area contributed by atoms with Gasteiger partial charge in [0.15, 0.2) is 0 Å². The Hall–Kier alpha value is -1.97. The van der Waals surface area contributed by atoms with Gasteiger partial charge in [-0.2, -0.15) is 0 Å². The van der Waals surface area contributed by atoms with Crippen LogP contribution in [0.4, 0.5) is 5.82 Å². The predicted molar refractivity (Wildman–Crippen MR) is 55.9 cm³/mol. The summed E-state index contributed by atoms with van der Waals surface area (Å²) in [5, 5.41) is 2.76. The molecule has 72 valence electrons. The normalized spacial score (nSPS) is 10.4. The molecule has 1 heterocycles. The third kappa shape index (κ3) is 1.21. The number of aromatic nitrogens is 2. The monoisotopic (exact) mass is 189 g/mol. The van der Waals surface area contributed by atoms with E-state index in [0.29, 0.717) is 11.4 Å². The summed E-state index contributed by atoms with van der Waals surface area (Å²) in [6, 6.07) is 9.38. The van der Waals surface area contributed by atoms with E-state index < -0.39 is 0 Å². The molecule has 0 saturated heterocycles. The summed E-state index contributed by atoms with van der Waals surface area (Å²) in [5.41, 5.74) is 6.97. The molecular formula is C10H11N3O. The van der Waals surface area contributed by atoms with Crippen LogP contribution < -0.4 is 11.3 Å². The van der Waals surface area contributed by atoms with Crippen LogP contribution in [0.15, 0.2) is 35.1 Å². The molecule has 14 heavy (non-hydrogen) atoms. The van der Waals surface area contributed by atoms with Crippen LogP contribution in [0.1, 0.15) is 0 Å². The van der Waals surface area contributed by atoms with Gasteiger partial charge in [-0.15, -0.1) is 0 Å². The number of nitrogens with zero attached hydrogens (tertiary/aromatic N) is 1. The van der Waals surface area contributed by atoms with Gasteiger partial charge in [0, 0.05) is 7.05 Å². The van der Waals surface area contributed by atoms with Crippen molar-refractivity contribution in [3.05, 3.63) is 40.7 Å². The Kier molecular flexibility index (Phi) is 1.89. The summed E-state index contributed by atoms with van der Waals surface area (Å²) in [6.07, 6.45) is 0. The zero-order chi connectivity index (χ0) is 10.1. The highest BCUT2D eigenvalue weighted by Gasteiger charge is 2.10. The van der Waals surface area contributed by atoms with Crippen molar-refractivity contribution in [1.82, 2.24) is 9.78 Å². The molecule has 2 rings (SSSR count). The first-order valence-corrected chi connectivity index (χ1v) is 4.30. The summed E-state index contributed by atoms with van der Waals surface area (Å²) < 4.78 is 1.37. The number of anilines is 1. The molecule has 3 N–H and O–H groups in total. The smallest absolute Gasteiger partial charge is 0.276 e. The second-order valence-electron chi connectivity index (χ2n) is 3.13. The first-order chi connectivity index (χ1) is 6.70. The first-order valence-electron chi connectivity index (χ1n) is 4.30. The topological polar surface area (TPSA) is 63.8 Å². The lowest BCUT2D eigenvalue weighted by Crippen LogP contribution is -2.12. The first kappa shape index (κ1) is 8.62. The van der Waals surface area contributed by atoms with Gasteiger partial charge in [-0.3, -0.25) is 14.6 Å². The third-order valence-electron chi connectivity index (χ3n) is 2.14. The molecule has 1 aromatic carbocycles. The summed E-state index contributed by atoms with van der Waals surface area (Å²) in [6.45, 7) is 0. The number of rotatable bonds is 1. The lowest BCUT2D eigenvalue weighted by molar-refractivity contribution is 0.744. The van der Waals surface area contributed by atoms with Crippen LogP contribution in [0, 0.1) is 0 Å². The second kappa shape index (κ2) is 3.06. The average molecular weight is 189 g/mol. The number of aryl methyl sites for hydroxylation is 1. The average Bonchev–Trinajstić information content (AvgIpc) is 2.43. The van der Waals surface area contributed by atoms with Gasteiger partial charge in [-0.05, 0) is 5.56 Å². The zero-order valence-corrected chi connectivity index (χ0v) is 7.82. The van der Waals surface area contributed by atoms with Crippen LogP contribution in [-0.4, -0.2) is 9.78 Å². The van der Waals surface area contributed by atoms with Crippen LogP contribution in [0.2, 0.25) is 0 Å². The molecule has 4 heteroatoms. The van der Waals surface area contributed by atoms with Crippen LogP contribution in [0.25, 0.3) is 11.1 Å². The number of hydrogen-bond acceptors (Lipinski definition) is 2. The van der Waals surface area contributed by atoms with Crippen LogP contribution in [0.5, 0.6) is 0 Å². The molecule has 0 spiro atoms. The van der Waals surface area contributed by atoms with Gasteiger partial charge in [-0.25, -0.2) is 0 Å². The fourth-order valence-electron chi connectivity index (χ4n) is 1.45. The standard InChI is InChI=1S/C10H11N3O/c1-13-10(14)8(9(11)12-13)7-5-3-2-4-6-7/h2-6,12H,11H2,1H3. The van der Waals surface area contributed by atoms with Gasteiger partial charge in [0.05, 0.1) is 5.56 Å². The highest BCUT2D eigenvalue weighted by atomic mass is 16.1. The van der Waals surface area contributed by atoms with Crippen LogP contribution in [0.3, 0.4) is 0 Å². The third-order valence-corrected chi connectivity index (χ3v) is 2.14. The van der Waals surface area contributed by atoms with Crippen LogP contribution >= 0.6 is 0 Å². The van der Waals surface area contributed by atoms with E-state index in [9.17, 15) is 4.79 Å². The Labute approximate surface area is 81.0 Å². The Balaban J connectivity index is 2.69. The molecule has 0 radical (unpaired) electrons. The molecule has 1 aromatic heterocycles. The van der Waals surface area contributed by atoms with Crippen molar-refractivity contribution >= 4 is 5.82 Å². The van der Waals surface area contributed by atoms with Crippen molar-refractivity contribution in [3.63, 3.8) is 0 Å². The Morgan fingerprint density at radius 3 is 2.43 bits per heavy atom. The maximum absolute atomic E-state index is 11.6. The van der Waals surface area contributed by atoms with Crippen molar-refractivity contribution in [2.75, 3.05) is 5.73 Å². The van der Waals surface area contributed by atoms with Gasteiger partial charge in [-0.1, -0.05) is 30.3 Å². The number of H-pyrrole nitrogens is 1. The molecule has 0 aliphatic carbocycles. The molecular weight excluding hydrogens is 178 g/mol. The van der Waals surface area contributed by atoms with Gasteiger partial charge < -0.3 is 5.73 Å². The lowest BCUT2D eigenvalue weighted by Gasteiger charge is -1.95. The van der Waals surface area contributed by atoms with E-state index in [-0.39, 0.29) is 5.56 Å². The minimum Gasteiger partial charge on any atom is -0.383 e. The summed E-state index contributed by atoms with van der Waals surface area (Å²) in [5.74, 6) is 0.406. The van der Waals surface area contributed by atoms with Crippen molar-refractivity contribution < 1.29 is 0 Å². The van der Waals surface area contributed by atoms with Crippen LogP contribution in [-0.2, 0) is 7.05 Å². The quantitative estimate of drug-likeness (QED) is 0.701. The van der Waals surface area contributed by atoms with E-state index in [1.165, 1.54) is 4.68 Å². The van der Waals surface area contributed by atoms with Gasteiger partial charge in [0.2, 0.25) is 0 Å². The number of hydrogen-bond donors (Lipinski definition) is 2. The molecule has 0 atom stereocenters. The van der Waals surface area contributed by atoms with Crippen molar-refractivity contribution in [2.45, 2.75) is 0 Å². The molecule has 0 amide bonds. The number of benzene rings is 1. The second-order valence-corrected chi connectivity index (χ2v) is 3.13. The molecule has 4 nitrogen and oxygen atoms in total. The van der Waals surface area contributed by atoms with Crippen molar-refractivity contribution in [2.24, 2.45) is 7.05 Å². The maximum Gasteiger partial charge on any atom is 0.276 e. The Morgan fingerprint density at radius 2 is 1.93 bits per heavy atom. The number of nitrogen functional groups attached to an aromatic ring is 1. The summed E-state index contributed by atoms with van der Waals surface area (Å²) >= 11 is 0. The van der Waals surface area contributed by atoms with Crippen molar-refractivity contribution in [3.8, 4) is 11.1 Å². The molecule has 0 bridgehead atoms. The van der Waals surface area contributed by atoms with E-state index in [1.54, 1.807) is 7.05 Å². The van der Waals surface area contributed by atoms with E-state index in [4.69, 9.17) is 5.73 Å². The maximum atomic E-state index is 11.6. The molecule has 0 aliphatic heterocycles. The SMILES string of the molecule is Cn1[nH]c(N)c(-c2ccccc2)c1=O. The number of aromatic amines is 1. The Morgan fingerprint density at radius 1 is 1.29 bits per heavy atom. The summed E-state index contributed by atoms with van der Waals surface area (Å²) in [7, 11) is 1.64. The molecule has 0 saturated carbocycles. The Bertz CT molecular complexity index is 496. The van der Waals surface area contributed by atoms with E-state index in [0.717, 1.165) is 5.56 Å². The van der Waals surface area contributed by atoms with Gasteiger partial charge in [0.1, 0.15) is 5.82 Å². The fourth-order valence-corrected chi connectivity index (χ4v) is 1.45. The lowest BCUT2D eigenvalue weighted by atomic mass is 10.1. The van der Waals surface area contributed by atoms with Gasteiger partial charge in [0.25, 0.3) is 5.56 Å². The number of nitrogens with one attached hydrogen (secondary N) is 1. The molecule has 0 fully saturated rings. The molecule has 0 aliphatic rings. The van der Waals surface area contributed by atoms with Gasteiger partial charge >= 0.3 is 0 Å². The summed E-state index contributed by atoms with van der Waals surface area (Å²) in [4.78, 5) is 11.6. The zero-order valence-electron chi connectivity index (χ0n) is 7.82. The van der Waals surface area contributed by atoms with E-state index in [2.05, 4.69) is 5.10 Å². The van der Waals surface area contributed by atoms with Crippen molar-refractivity contribution in [1.29, 1.82) is 0 Å². The largest absolute Gasteiger partial charge is 0.383 e. The predicted octanol–water partition coefficient (Wildman–Crippen LogP) is 0.963. The molecule has 2 aromatic rings. The van der Waals surface area contributed by atoms with E-state index >= 15 is 0 Å². The number of nitrogens with two attached hydrogens (primary N) is 1. The highest BCUT2D eigenvalue weighted by molar-refractivity contribution is 5.72. The fraction of sp³-hybridized carbons (Fsp3) is 0.100.